The van der Waals surface area contributed by atoms with Crippen molar-refractivity contribution in [2.24, 2.45) is 0 Å². The summed E-state index contributed by atoms with van der Waals surface area (Å²) < 4.78 is 4.74. The molecule has 0 saturated heterocycles. The van der Waals surface area contributed by atoms with E-state index in [0.717, 1.165) is 5.22 Å². The molecule has 0 bridgehead atoms. The summed E-state index contributed by atoms with van der Waals surface area (Å²) in [5.74, 6) is 0.392. The maximum Gasteiger partial charge on any atom is 0.511 e. The zero-order valence-corrected chi connectivity index (χ0v) is 11.2. The van der Waals surface area contributed by atoms with E-state index < -0.39 is 6.16 Å². The molecule has 3 nitrogen and oxygen atoms in total. The molecule has 2 aliphatic rings. The molecule has 0 aliphatic heterocycles. The summed E-state index contributed by atoms with van der Waals surface area (Å²) in [5, 5.41) is 13.4. The first kappa shape index (κ1) is 12.0. The minimum Gasteiger partial charge on any atom is -0.449 e. The van der Waals surface area contributed by atoms with Gasteiger partial charge in [-0.05, 0) is 50.9 Å². The van der Waals surface area contributed by atoms with Crippen LogP contribution in [0.2, 0.25) is 0 Å². The van der Waals surface area contributed by atoms with Crippen molar-refractivity contribution in [1.29, 1.82) is 0 Å². The number of allylic oxidation sites excluding steroid dienone is 3. The Hall–Kier alpha value is -2.81. The molecule has 2 aliphatic carbocycles. The Morgan fingerprint density at radius 2 is 1.90 bits per heavy atom. The number of rotatable bonds is 1. The molecule has 0 spiro atoms. The molecule has 1 N–H and O–H groups in total. The lowest BCUT2D eigenvalue weighted by Gasteiger charge is -2.13. The minimum atomic E-state index is -1.28. The Morgan fingerprint density at radius 3 is 2.76 bits per heavy atom. The molecule has 0 aromatic heterocycles. The van der Waals surface area contributed by atoms with E-state index in [9.17, 15) is 4.79 Å². The van der Waals surface area contributed by atoms with Crippen LogP contribution >= 0.6 is 0 Å². The second kappa shape index (κ2) is 4.35. The summed E-state index contributed by atoms with van der Waals surface area (Å²) in [4.78, 5) is 10.6. The van der Waals surface area contributed by atoms with Crippen LogP contribution in [0.1, 0.15) is 11.1 Å². The van der Waals surface area contributed by atoms with E-state index in [4.69, 9.17) is 9.84 Å². The van der Waals surface area contributed by atoms with Crippen LogP contribution in [0.4, 0.5) is 4.79 Å². The monoisotopic (exact) mass is 276 g/mol. The lowest BCUT2D eigenvalue weighted by atomic mass is 9.94. The number of carboxylic acid groups (broad SMARTS) is 1. The molecule has 2 aromatic carbocycles. The zero-order valence-electron chi connectivity index (χ0n) is 11.2. The van der Waals surface area contributed by atoms with Gasteiger partial charge in [-0.3, -0.25) is 0 Å². The molecule has 102 valence electrons. The first-order valence-corrected chi connectivity index (χ1v) is 6.78. The third-order valence-corrected chi connectivity index (χ3v) is 3.97. The van der Waals surface area contributed by atoms with Crippen molar-refractivity contribution in [2.45, 2.75) is 6.42 Å². The predicted octanol–water partition coefficient (Wildman–Crippen LogP) is 2.56. The van der Waals surface area contributed by atoms with Gasteiger partial charge in [0, 0.05) is 0 Å². The van der Waals surface area contributed by atoms with E-state index in [1.807, 2.05) is 12.1 Å². The number of ether oxygens (including phenoxy) is 1. The smallest absolute Gasteiger partial charge is 0.449 e. The average molecular weight is 276 g/mol. The molecule has 0 amide bonds. The molecule has 0 heterocycles. The van der Waals surface area contributed by atoms with Crippen LogP contribution < -0.4 is 10.4 Å². The maximum absolute atomic E-state index is 10.6. The van der Waals surface area contributed by atoms with Crippen LogP contribution in [-0.2, 0) is 11.2 Å². The van der Waals surface area contributed by atoms with Gasteiger partial charge in [-0.1, -0.05) is 42.5 Å². The third-order valence-electron chi connectivity index (χ3n) is 3.97. The quantitative estimate of drug-likeness (QED) is 0.814. The highest BCUT2D eigenvalue weighted by Gasteiger charge is 2.12. The van der Waals surface area contributed by atoms with Gasteiger partial charge in [-0.25, -0.2) is 4.79 Å². The summed E-state index contributed by atoms with van der Waals surface area (Å²) in [6.45, 7) is 0. The third kappa shape index (κ3) is 1.86. The fraction of sp³-hybridized carbons (Fsp3) is 0.0556. The molecule has 0 unspecified atom stereocenters. The molecule has 0 saturated carbocycles. The number of hydrogen-bond donors (Lipinski definition) is 1. The number of carbonyl (C=O) groups is 1. The van der Waals surface area contributed by atoms with E-state index in [1.165, 1.54) is 27.1 Å². The van der Waals surface area contributed by atoms with Crippen molar-refractivity contribution in [3.05, 3.63) is 63.7 Å². The van der Waals surface area contributed by atoms with Gasteiger partial charge >= 0.3 is 6.16 Å². The van der Waals surface area contributed by atoms with E-state index in [-0.39, 0.29) is 0 Å². The second-order valence-electron chi connectivity index (χ2n) is 5.15. The molecule has 21 heavy (non-hydrogen) atoms. The van der Waals surface area contributed by atoms with Crippen molar-refractivity contribution in [2.75, 3.05) is 0 Å². The van der Waals surface area contributed by atoms with Gasteiger partial charge in [0.15, 0.2) is 0 Å². The molecule has 0 fully saturated rings. The number of fused-ring (bicyclic) bond motifs is 5. The van der Waals surface area contributed by atoms with Gasteiger partial charge in [0.2, 0.25) is 0 Å². The average Bonchev–Trinajstić information content (AvgIpc) is 2.94. The van der Waals surface area contributed by atoms with Crippen molar-refractivity contribution in [1.82, 2.24) is 0 Å². The zero-order chi connectivity index (χ0) is 14.4. The van der Waals surface area contributed by atoms with Crippen molar-refractivity contribution < 1.29 is 14.6 Å². The molecular weight excluding hydrogens is 264 g/mol. The largest absolute Gasteiger partial charge is 0.511 e. The Morgan fingerprint density at radius 1 is 1.10 bits per heavy atom. The fourth-order valence-corrected chi connectivity index (χ4v) is 3.05. The Balaban J connectivity index is 1.94. The standard InChI is InChI=1S/C18H12O3/c19-18(20)21-13-6-9-15-12(10-13)5-8-16-14-3-1-2-11(14)4-7-17(15)16/h1-8,10H,9H2,(H,19,20). The summed E-state index contributed by atoms with van der Waals surface area (Å²) in [6.07, 6.45) is 9.30. The van der Waals surface area contributed by atoms with Crippen LogP contribution in [0.3, 0.4) is 0 Å². The van der Waals surface area contributed by atoms with Crippen molar-refractivity contribution >= 4 is 35.2 Å². The van der Waals surface area contributed by atoms with Crippen molar-refractivity contribution in [3.8, 4) is 0 Å². The molecule has 2 aromatic rings. The van der Waals surface area contributed by atoms with Gasteiger partial charge in [0.1, 0.15) is 5.76 Å². The normalized spacial score (nSPS) is 14.8. The first-order chi connectivity index (χ1) is 10.2. The lowest BCUT2D eigenvalue weighted by molar-refractivity contribution is 0.123. The Labute approximate surface area is 120 Å². The first-order valence-electron chi connectivity index (χ1n) is 6.78. The summed E-state index contributed by atoms with van der Waals surface area (Å²) >= 11 is 0. The number of hydrogen-bond acceptors (Lipinski definition) is 2. The summed E-state index contributed by atoms with van der Waals surface area (Å²) in [6, 6.07) is 8.39. The van der Waals surface area contributed by atoms with Gasteiger partial charge in [-0.2, -0.15) is 0 Å². The second-order valence-corrected chi connectivity index (χ2v) is 5.15. The highest BCUT2D eigenvalue weighted by atomic mass is 16.7. The summed E-state index contributed by atoms with van der Waals surface area (Å²) in [5.41, 5.74) is 2.47. The fourth-order valence-electron chi connectivity index (χ4n) is 3.05. The maximum atomic E-state index is 10.6. The molecular formula is C18H12O3. The Bertz CT molecular complexity index is 962. The van der Waals surface area contributed by atoms with Crippen LogP contribution in [-0.4, -0.2) is 11.3 Å². The van der Waals surface area contributed by atoms with Gasteiger partial charge in [0.25, 0.3) is 0 Å². The van der Waals surface area contributed by atoms with Crippen molar-refractivity contribution in [3.63, 3.8) is 0 Å². The van der Waals surface area contributed by atoms with E-state index in [1.54, 1.807) is 6.08 Å². The van der Waals surface area contributed by atoms with Crippen LogP contribution in [0.25, 0.3) is 29.0 Å². The van der Waals surface area contributed by atoms with E-state index in [2.05, 4.69) is 36.4 Å². The highest BCUT2D eigenvalue weighted by Crippen LogP contribution is 2.23. The Kier molecular flexibility index (Phi) is 2.48. The van der Waals surface area contributed by atoms with Crippen LogP contribution in [0, 0.1) is 0 Å². The van der Waals surface area contributed by atoms with Gasteiger partial charge in [0.05, 0.1) is 0 Å². The topological polar surface area (TPSA) is 46.5 Å². The van der Waals surface area contributed by atoms with Crippen LogP contribution in [0.5, 0.6) is 0 Å². The highest BCUT2D eigenvalue weighted by molar-refractivity contribution is 5.96. The predicted molar refractivity (Wildman–Crippen MR) is 82.1 cm³/mol. The SMILES string of the molecule is O=C(O)OC1=CCc2c(ccc3c4c(ccc23)=CC=C4)=C1. The number of benzene rings is 2. The van der Waals surface area contributed by atoms with Gasteiger partial charge in [-0.15, -0.1) is 0 Å². The lowest BCUT2D eigenvalue weighted by Crippen LogP contribution is -2.16. The molecule has 0 atom stereocenters. The van der Waals surface area contributed by atoms with Crippen LogP contribution in [0.15, 0.2) is 42.2 Å². The minimum absolute atomic E-state index is 0.392. The van der Waals surface area contributed by atoms with E-state index >= 15 is 0 Å². The van der Waals surface area contributed by atoms with Gasteiger partial charge < -0.3 is 9.84 Å². The summed E-state index contributed by atoms with van der Waals surface area (Å²) in [7, 11) is 0. The molecule has 3 heteroatoms. The molecule has 0 radical (unpaired) electrons. The van der Waals surface area contributed by atoms with E-state index in [0.29, 0.717) is 12.2 Å². The molecule has 4 rings (SSSR count).